The number of nitriles is 1. The van der Waals surface area contributed by atoms with E-state index in [2.05, 4.69) is 45.5 Å². The molecule has 32 heavy (non-hydrogen) atoms. The molecule has 0 amide bonds. The zero-order valence-corrected chi connectivity index (χ0v) is 19.9. The van der Waals surface area contributed by atoms with Gasteiger partial charge in [0.1, 0.15) is 21.8 Å². The Morgan fingerprint density at radius 1 is 1.22 bits per heavy atom. The average Bonchev–Trinajstić information content (AvgIpc) is 3.27. The molecule has 0 radical (unpaired) electrons. The molecule has 2 heterocycles. The van der Waals surface area contributed by atoms with Gasteiger partial charge < -0.3 is 10.1 Å². The van der Waals surface area contributed by atoms with Crippen LogP contribution in [0.3, 0.4) is 0 Å². The monoisotopic (exact) mass is 447 g/mol. The predicted molar refractivity (Wildman–Crippen MR) is 129 cm³/mol. The Bertz CT molecular complexity index is 1150. The molecule has 1 aliphatic rings. The number of hydrogen-bond donors (Lipinski definition) is 1. The molecule has 4 rings (SSSR count). The van der Waals surface area contributed by atoms with E-state index in [1.165, 1.54) is 16.7 Å². The van der Waals surface area contributed by atoms with Crippen LogP contribution < -0.4 is 10.1 Å². The van der Waals surface area contributed by atoms with Crippen LogP contribution in [0.2, 0.25) is 0 Å². The van der Waals surface area contributed by atoms with Crippen molar-refractivity contribution in [3.05, 3.63) is 52.6 Å². The summed E-state index contributed by atoms with van der Waals surface area (Å²) in [4.78, 5) is 2.50. The average molecular weight is 448 g/mol. The summed E-state index contributed by atoms with van der Waals surface area (Å²) in [7, 11) is 2.00. The largest absolute Gasteiger partial charge is 0.490 e. The zero-order valence-electron chi connectivity index (χ0n) is 19.1. The van der Waals surface area contributed by atoms with Crippen molar-refractivity contribution >= 4 is 11.3 Å². The first kappa shape index (κ1) is 22.4. The summed E-state index contributed by atoms with van der Waals surface area (Å²) in [5.74, 6) is 0.602. The second-order valence-electron chi connectivity index (χ2n) is 8.41. The van der Waals surface area contributed by atoms with Crippen LogP contribution in [0.5, 0.6) is 5.75 Å². The van der Waals surface area contributed by atoms with Gasteiger partial charge in [-0.05, 0) is 69.1 Å². The third-order valence-corrected chi connectivity index (χ3v) is 6.82. The van der Waals surface area contributed by atoms with E-state index in [9.17, 15) is 5.26 Å². The molecular weight excluding hydrogens is 418 g/mol. The van der Waals surface area contributed by atoms with Gasteiger partial charge >= 0.3 is 0 Å². The van der Waals surface area contributed by atoms with Crippen LogP contribution in [-0.4, -0.2) is 47.9 Å². The number of nitrogens with zero attached hydrogens (tertiary/aromatic N) is 4. The van der Waals surface area contributed by atoms with Crippen LogP contribution in [0.1, 0.15) is 36.1 Å². The highest BCUT2D eigenvalue weighted by atomic mass is 32.1. The minimum atomic E-state index is 0.0171. The maximum Gasteiger partial charge on any atom is 0.148 e. The second kappa shape index (κ2) is 9.78. The predicted octanol–water partition coefficient (Wildman–Crippen LogP) is 4.42. The van der Waals surface area contributed by atoms with Crippen LogP contribution in [0.4, 0.5) is 0 Å². The van der Waals surface area contributed by atoms with E-state index in [0.29, 0.717) is 11.3 Å². The number of hydrogen-bond acceptors (Lipinski definition) is 7. The quantitative estimate of drug-likeness (QED) is 0.578. The van der Waals surface area contributed by atoms with Gasteiger partial charge in [0.15, 0.2) is 0 Å². The summed E-state index contributed by atoms with van der Waals surface area (Å²) in [6, 6.07) is 12.3. The standard InChI is InChI=1S/C25H29N5OS/c1-16(2)31-23-8-6-18(13-20(23)14-26)24-28-29-25(32-24)22-7-5-19-15-30(12-10-27-4)11-9-21(19)17(22)3/h5-8,13,16,27H,9-12,15H2,1-4H3. The molecule has 0 saturated carbocycles. The normalized spacial score (nSPS) is 13.8. The van der Waals surface area contributed by atoms with Crippen LogP contribution in [-0.2, 0) is 13.0 Å². The van der Waals surface area contributed by atoms with Crippen LogP contribution in [0.15, 0.2) is 30.3 Å². The van der Waals surface area contributed by atoms with E-state index in [-0.39, 0.29) is 6.10 Å². The minimum absolute atomic E-state index is 0.0171. The molecule has 0 atom stereocenters. The topological polar surface area (TPSA) is 74.1 Å². The maximum absolute atomic E-state index is 9.53. The second-order valence-corrected chi connectivity index (χ2v) is 9.38. The van der Waals surface area contributed by atoms with Crippen molar-refractivity contribution in [2.24, 2.45) is 0 Å². The van der Waals surface area contributed by atoms with Crippen molar-refractivity contribution in [3.8, 4) is 33.0 Å². The van der Waals surface area contributed by atoms with Crippen LogP contribution in [0, 0.1) is 18.3 Å². The molecule has 0 unspecified atom stereocenters. The van der Waals surface area contributed by atoms with Crippen molar-refractivity contribution in [1.82, 2.24) is 20.4 Å². The van der Waals surface area contributed by atoms with E-state index in [4.69, 9.17) is 4.74 Å². The van der Waals surface area contributed by atoms with E-state index in [1.807, 2.05) is 39.1 Å². The molecule has 0 fully saturated rings. The van der Waals surface area contributed by atoms with Crippen LogP contribution in [0.25, 0.3) is 21.1 Å². The lowest BCUT2D eigenvalue weighted by Gasteiger charge is -2.30. The minimum Gasteiger partial charge on any atom is -0.490 e. The summed E-state index contributed by atoms with van der Waals surface area (Å²) < 4.78 is 5.74. The number of aromatic nitrogens is 2. The van der Waals surface area contributed by atoms with Gasteiger partial charge in [-0.15, -0.1) is 10.2 Å². The van der Waals surface area contributed by atoms with Gasteiger partial charge in [0.2, 0.25) is 0 Å². The highest BCUT2D eigenvalue weighted by molar-refractivity contribution is 7.17. The SMILES string of the molecule is CNCCN1CCc2c(ccc(-c3nnc(-c4ccc(OC(C)C)c(C#N)c4)s3)c2C)C1. The summed E-state index contributed by atoms with van der Waals surface area (Å²) in [5.41, 5.74) is 6.71. The van der Waals surface area contributed by atoms with Gasteiger partial charge in [-0.2, -0.15) is 5.26 Å². The summed E-state index contributed by atoms with van der Waals surface area (Å²) in [5, 5.41) is 23.4. The third-order valence-electron chi connectivity index (χ3n) is 5.81. The smallest absolute Gasteiger partial charge is 0.148 e. The Morgan fingerprint density at radius 3 is 2.78 bits per heavy atom. The molecule has 0 bridgehead atoms. The van der Waals surface area contributed by atoms with E-state index >= 15 is 0 Å². The third kappa shape index (κ3) is 4.68. The Kier molecular flexibility index (Phi) is 6.85. The Morgan fingerprint density at radius 2 is 2.03 bits per heavy atom. The lowest BCUT2D eigenvalue weighted by atomic mass is 9.92. The van der Waals surface area contributed by atoms with Crippen LogP contribution >= 0.6 is 11.3 Å². The van der Waals surface area contributed by atoms with Crippen molar-refractivity contribution in [2.45, 2.75) is 39.8 Å². The molecule has 1 aliphatic heterocycles. The molecule has 3 aromatic rings. The number of fused-ring (bicyclic) bond motifs is 1. The molecule has 0 aliphatic carbocycles. The lowest BCUT2D eigenvalue weighted by molar-refractivity contribution is 0.242. The fourth-order valence-electron chi connectivity index (χ4n) is 4.15. The van der Waals surface area contributed by atoms with E-state index < -0.39 is 0 Å². The Balaban J connectivity index is 1.59. The highest BCUT2D eigenvalue weighted by Crippen LogP contribution is 2.36. The number of benzene rings is 2. The van der Waals surface area contributed by atoms with Gasteiger partial charge in [0, 0.05) is 37.3 Å². The van der Waals surface area contributed by atoms with Crippen molar-refractivity contribution in [3.63, 3.8) is 0 Å². The molecule has 2 aromatic carbocycles. The fourth-order valence-corrected chi connectivity index (χ4v) is 5.07. The molecule has 1 aromatic heterocycles. The van der Waals surface area contributed by atoms with Gasteiger partial charge in [-0.3, -0.25) is 4.90 Å². The van der Waals surface area contributed by atoms with E-state index in [1.54, 1.807) is 11.3 Å². The van der Waals surface area contributed by atoms with Gasteiger partial charge in [-0.25, -0.2) is 0 Å². The lowest BCUT2D eigenvalue weighted by Crippen LogP contribution is -2.35. The summed E-state index contributed by atoms with van der Waals surface area (Å²) in [6.07, 6.45) is 1.08. The first-order valence-electron chi connectivity index (χ1n) is 11.0. The maximum atomic E-state index is 9.53. The fraction of sp³-hybridized carbons (Fsp3) is 0.400. The molecular formula is C25H29N5OS. The number of likely N-dealkylation sites (N-methyl/N-ethyl adjacent to an activating group) is 1. The van der Waals surface area contributed by atoms with Crippen molar-refractivity contribution < 1.29 is 4.74 Å². The molecule has 0 saturated heterocycles. The van der Waals surface area contributed by atoms with Gasteiger partial charge in [0.25, 0.3) is 0 Å². The van der Waals surface area contributed by atoms with Crippen molar-refractivity contribution in [1.29, 1.82) is 5.26 Å². The molecule has 6 nitrogen and oxygen atoms in total. The van der Waals surface area contributed by atoms with Gasteiger partial charge in [0.05, 0.1) is 11.7 Å². The van der Waals surface area contributed by atoms with E-state index in [0.717, 1.165) is 53.7 Å². The number of ether oxygens (including phenoxy) is 1. The molecule has 166 valence electrons. The summed E-state index contributed by atoms with van der Waals surface area (Å²) >= 11 is 1.56. The van der Waals surface area contributed by atoms with Gasteiger partial charge in [-0.1, -0.05) is 23.5 Å². The Hall–Kier alpha value is -2.79. The molecule has 0 spiro atoms. The Labute approximate surface area is 193 Å². The highest BCUT2D eigenvalue weighted by Gasteiger charge is 2.21. The molecule has 1 N–H and O–H groups in total. The van der Waals surface area contributed by atoms with Crippen molar-refractivity contribution in [2.75, 3.05) is 26.7 Å². The first-order chi connectivity index (χ1) is 15.5. The number of rotatable bonds is 7. The zero-order chi connectivity index (χ0) is 22.7. The number of nitrogens with one attached hydrogen (secondary N) is 1. The summed E-state index contributed by atoms with van der Waals surface area (Å²) in [6.45, 7) is 10.3. The molecule has 7 heteroatoms. The first-order valence-corrected chi connectivity index (χ1v) is 11.8.